The molecule has 1 saturated heterocycles. The summed E-state index contributed by atoms with van der Waals surface area (Å²) in [6.45, 7) is 4.02. The van der Waals surface area contributed by atoms with Gasteiger partial charge in [0.2, 0.25) is 0 Å². The second-order valence-electron chi connectivity index (χ2n) is 2.88. The maximum Gasteiger partial charge on any atom is 0.165 e. The summed E-state index contributed by atoms with van der Waals surface area (Å²) in [6, 6.07) is 0. The molecule has 0 aromatic rings. The topological polar surface area (TPSA) is 20.3 Å². The summed E-state index contributed by atoms with van der Waals surface area (Å²) in [4.78, 5) is 12.7. The molecule has 11 heavy (non-hydrogen) atoms. The third-order valence-electron chi connectivity index (χ3n) is 2.14. The van der Waals surface area contributed by atoms with Crippen LogP contribution in [0.2, 0.25) is 0 Å². The molecule has 2 nitrogen and oxygen atoms in total. The highest BCUT2D eigenvalue weighted by atomic mass is 16.1. The van der Waals surface area contributed by atoms with Crippen LogP contribution in [0.25, 0.3) is 0 Å². The maximum atomic E-state index is 10.5. The van der Waals surface area contributed by atoms with Crippen molar-refractivity contribution in [3.05, 3.63) is 11.8 Å². The Kier molecular flexibility index (Phi) is 3.14. The molecule has 0 radical (unpaired) electrons. The summed E-state index contributed by atoms with van der Waals surface area (Å²) in [5.74, 6) is 0. The molecule has 1 heterocycles. The third kappa shape index (κ3) is 2.07. The van der Waals surface area contributed by atoms with E-state index in [-0.39, 0.29) is 0 Å². The minimum atomic E-state index is 0.852. The molecule has 0 aromatic heterocycles. The van der Waals surface area contributed by atoms with Crippen LogP contribution in [-0.4, -0.2) is 24.3 Å². The highest BCUT2D eigenvalue weighted by molar-refractivity contribution is 5.72. The first-order valence-corrected chi connectivity index (χ1v) is 4.25. The van der Waals surface area contributed by atoms with E-state index >= 15 is 0 Å². The SMILES string of the molecule is C/C=C(\C=O)N1CCCCC1. The minimum Gasteiger partial charge on any atom is -0.369 e. The minimum absolute atomic E-state index is 0.852. The first-order valence-electron chi connectivity index (χ1n) is 4.25. The summed E-state index contributed by atoms with van der Waals surface area (Å²) < 4.78 is 0. The number of hydrogen-bond acceptors (Lipinski definition) is 2. The molecule has 1 aliphatic heterocycles. The molecule has 1 fully saturated rings. The lowest BCUT2D eigenvalue weighted by atomic mass is 10.1. The largest absolute Gasteiger partial charge is 0.369 e. The van der Waals surface area contributed by atoms with Gasteiger partial charge in [0.05, 0.1) is 5.70 Å². The fourth-order valence-electron chi connectivity index (χ4n) is 1.48. The quantitative estimate of drug-likeness (QED) is 0.443. The predicted octanol–water partition coefficient (Wildman–Crippen LogP) is 1.58. The molecule has 2 heteroatoms. The highest BCUT2D eigenvalue weighted by Gasteiger charge is 2.10. The molecule has 1 aliphatic rings. The summed E-state index contributed by atoms with van der Waals surface area (Å²) in [5, 5.41) is 0. The number of hydrogen-bond donors (Lipinski definition) is 0. The molecule has 0 amide bonds. The Morgan fingerprint density at radius 2 is 1.91 bits per heavy atom. The van der Waals surface area contributed by atoms with E-state index < -0.39 is 0 Å². The average Bonchev–Trinajstić information content (AvgIpc) is 2.09. The van der Waals surface area contributed by atoms with Gasteiger partial charge >= 0.3 is 0 Å². The highest BCUT2D eigenvalue weighted by Crippen LogP contribution is 2.12. The van der Waals surface area contributed by atoms with Gasteiger partial charge in [0, 0.05) is 13.1 Å². The number of carbonyl (C=O) groups excluding carboxylic acids is 1. The Hall–Kier alpha value is -0.790. The van der Waals surface area contributed by atoms with Crippen LogP contribution < -0.4 is 0 Å². The van der Waals surface area contributed by atoms with Crippen LogP contribution in [0, 0.1) is 0 Å². The second-order valence-corrected chi connectivity index (χ2v) is 2.88. The van der Waals surface area contributed by atoms with Crippen LogP contribution in [-0.2, 0) is 4.79 Å². The summed E-state index contributed by atoms with van der Waals surface area (Å²) in [7, 11) is 0. The zero-order valence-electron chi connectivity index (χ0n) is 7.05. The first-order chi connectivity index (χ1) is 5.38. The van der Waals surface area contributed by atoms with E-state index in [1.54, 1.807) is 0 Å². The van der Waals surface area contributed by atoms with Crippen molar-refractivity contribution in [3.8, 4) is 0 Å². The van der Waals surface area contributed by atoms with Crippen molar-refractivity contribution in [1.82, 2.24) is 4.90 Å². The molecule has 0 aliphatic carbocycles. The van der Waals surface area contributed by atoms with E-state index in [0.717, 1.165) is 25.1 Å². The lowest BCUT2D eigenvalue weighted by Gasteiger charge is -2.28. The van der Waals surface area contributed by atoms with Gasteiger partial charge in [-0.3, -0.25) is 4.79 Å². The van der Waals surface area contributed by atoms with Gasteiger partial charge in [0.25, 0.3) is 0 Å². The molecule has 62 valence electrons. The van der Waals surface area contributed by atoms with E-state index in [1.165, 1.54) is 19.3 Å². The third-order valence-corrected chi connectivity index (χ3v) is 2.14. The van der Waals surface area contributed by atoms with Crippen LogP contribution in [0.5, 0.6) is 0 Å². The number of nitrogens with zero attached hydrogens (tertiary/aromatic N) is 1. The fraction of sp³-hybridized carbons (Fsp3) is 0.667. The van der Waals surface area contributed by atoms with Gasteiger partial charge in [-0.15, -0.1) is 0 Å². The first kappa shape index (κ1) is 8.31. The predicted molar refractivity (Wildman–Crippen MR) is 45.2 cm³/mol. The Balaban J connectivity index is 2.49. The molecule has 0 atom stereocenters. The van der Waals surface area contributed by atoms with Gasteiger partial charge in [-0.1, -0.05) is 6.08 Å². The number of piperidine rings is 1. The average molecular weight is 153 g/mol. The second kappa shape index (κ2) is 4.16. The van der Waals surface area contributed by atoms with Gasteiger partial charge in [-0.05, 0) is 26.2 Å². The van der Waals surface area contributed by atoms with Crippen molar-refractivity contribution < 1.29 is 4.79 Å². The molecule has 0 bridgehead atoms. The maximum absolute atomic E-state index is 10.5. The van der Waals surface area contributed by atoms with E-state index in [2.05, 4.69) is 4.90 Å². The van der Waals surface area contributed by atoms with Crippen LogP contribution >= 0.6 is 0 Å². The monoisotopic (exact) mass is 153 g/mol. The van der Waals surface area contributed by atoms with Crippen molar-refractivity contribution in [2.24, 2.45) is 0 Å². The molecule has 0 aromatic carbocycles. The van der Waals surface area contributed by atoms with Crippen LogP contribution in [0.3, 0.4) is 0 Å². The lowest BCUT2D eigenvalue weighted by Crippen LogP contribution is -2.29. The van der Waals surface area contributed by atoms with Crippen molar-refractivity contribution in [2.75, 3.05) is 13.1 Å². The molecule has 0 unspecified atom stereocenters. The van der Waals surface area contributed by atoms with Gasteiger partial charge in [-0.2, -0.15) is 0 Å². The Bertz CT molecular complexity index is 157. The Morgan fingerprint density at radius 3 is 2.36 bits per heavy atom. The molecule has 0 spiro atoms. The summed E-state index contributed by atoms with van der Waals surface area (Å²) in [6.07, 6.45) is 6.60. The van der Waals surface area contributed by atoms with Gasteiger partial charge in [0.15, 0.2) is 6.29 Å². The number of likely N-dealkylation sites (tertiary alicyclic amines) is 1. The zero-order chi connectivity index (χ0) is 8.10. The Morgan fingerprint density at radius 1 is 1.27 bits per heavy atom. The van der Waals surface area contributed by atoms with E-state index in [1.807, 2.05) is 13.0 Å². The number of rotatable bonds is 2. The number of aldehydes is 1. The van der Waals surface area contributed by atoms with Crippen LogP contribution in [0.1, 0.15) is 26.2 Å². The summed E-state index contributed by atoms with van der Waals surface area (Å²) >= 11 is 0. The van der Waals surface area contributed by atoms with Crippen molar-refractivity contribution in [2.45, 2.75) is 26.2 Å². The molecule has 1 rings (SSSR count). The van der Waals surface area contributed by atoms with Crippen molar-refractivity contribution in [1.29, 1.82) is 0 Å². The van der Waals surface area contributed by atoms with Crippen LogP contribution in [0.15, 0.2) is 11.8 Å². The van der Waals surface area contributed by atoms with Gasteiger partial charge in [0.1, 0.15) is 0 Å². The molecule has 0 saturated carbocycles. The van der Waals surface area contributed by atoms with E-state index in [0.29, 0.717) is 0 Å². The fourth-order valence-corrected chi connectivity index (χ4v) is 1.48. The smallest absolute Gasteiger partial charge is 0.165 e. The molecular formula is C9H15NO. The zero-order valence-corrected chi connectivity index (χ0v) is 7.05. The molecule has 0 N–H and O–H groups in total. The number of allylic oxidation sites excluding steroid dienone is 2. The van der Waals surface area contributed by atoms with Crippen molar-refractivity contribution >= 4 is 6.29 Å². The Labute approximate surface area is 67.9 Å². The van der Waals surface area contributed by atoms with Crippen LogP contribution in [0.4, 0.5) is 0 Å². The van der Waals surface area contributed by atoms with Gasteiger partial charge in [-0.25, -0.2) is 0 Å². The van der Waals surface area contributed by atoms with Gasteiger partial charge < -0.3 is 4.90 Å². The molecular weight excluding hydrogens is 138 g/mol. The van der Waals surface area contributed by atoms with Crippen molar-refractivity contribution in [3.63, 3.8) is 0 Å². The normalized spacial score (nSPS) is 20.1. The van der Waals surface area contributed by atoms with E-state index in [4.69, 9.17) is 0 Å². The van der Waals surface area contributed by atoms with E-state index in [9.17, 15) is 4.79 Å². The number of carbonyl (C=O) groups is 1. The standard InChI is InChI=1S/C9H15NO/c1-2-9(8-11)10-6-4-3-5-7-10/h2,8H,3-7H2,1H3/b9-2+. The summed E-state index contributed by atoms with van der Waals surface area (Å²) in [5.41, 5.74) is 0.852. The lowest BCUT2D eigenvalue weighted by molar-refractivity contribution is -0.106.